The fourth-order valence-corrected chi connectivity index (χ4v) is 6.58. The molecule has 2 atom stereocenters. The van der Waals surface area contributed by atoms with Crippen molar-refractivity contribution in [1.29, 1.82) is 0 Å². The average molecular weight is 677 g/mol. The van der Waals surface area contributed by atoms with Crippen LogP contribution in [-0.4, -0.2) is 34.7 Å². The summed E-state index contributed by atoms with van der Waals surface area (Å²) >= 11 is 0. The van der Waals surface area contributed by atoms with Crippen molar-refractivity contribution in [3.8, 4) is 11.5 Å². The molecule has 1 fully saturated rings. The van der Waals surface area contributed by atoms with Crippen molar-refractivity contribution in [1.82, 2.24) is 0 Å². The number of aromatic hydroxyl groups is 2. The van der Waals surface area contributed by atoms with Crippen LogP contribution >= 0.6 is 0 Å². The van der Waals surface area contributed by atoms with Crippen LogP contribution in [0.1, 0.15) is 97.9 Å². The minimum absolute atomic E-state index is 0. The average Bonchev–Trinajstić information content (AvgIpc) is 3.02. The van der Waals surface area contributed by atoms with E-state index in [1.165, 1.54) is 0 Å². The van der Waals surface area contributed by atoms with Crippen LogP contribution in [-0.2, 0) is 27.9 Å². The molecule has 0 amide bonds. The minimum atomic E-state index is -0.360. The third kappa shape index (κ3) is 7.94. The van der Waals surface area contributed by atoms with Gasteiger partial charge in [-0.05, 0) is 61.1 Å². The van der Waals surface area contributed by atoms with Gasteiger partial charge < -0.3 is 22.6 Å². The van der Waals surface area contributed by atoms with Crippen LogP contribution in [0.15, 0.2) is 94.9 Å². The molecular formula is C40H46ClMnN2O2-. The molecule has 0 saturated heterocycles. The minimum Gasteiger partial charge on any atom is -1.00 e. The monoisotopic (exact) mass is 676 g/mol. The second-order valence-electron chi connectivity index (χ2n) is 13.5. The fraction of sp³-hybridized carbons (Fsp3) is 0.350. The maximum absolute atomic E-state index is 11.4. The number of benzene rings is 4. The number of hydrogen-bond donors (Lipinski definition) is 2. The smallest absolute Gasteiger partial charge is 0.128 e. The number of aryl methyl sites for hydroxylation is 2. The van der Waals surface area contributed by atoms with E-state index in [0.29, 0.717) is 0 Å². The van der Waals surface area contributed by atoms with Crippen LogP contribution in [0.5, 0.6) is 11.5 Å². The summed E-state index contributed by atoms with van der Waals surface area (Å²) < 4.78 is 0. The molecule has 5 rings (SSSR count). The van der Waals surface area contributed by atoms with Crippen LogP contribution in [0.25, 0.3) is 0 Å². The Kier molecular flexibility index (Phi) is 12.5. The van der Waals surface area contributed by atoms with Crippen LogP contribution in [0.4, 0.5) is 0 Å². The van der Waals surface area contributed by atoms with Gasteiger partial charge in [0.2, 0.25) is 0 Å². The van der Waals surface area contributed by atoms with Gasteiger partial charge in [0, 0.05) is 62.6 Å². The Balaban J connectivity index is 0.00000288. The molecule has 6 heteroatoms. The molecule has 243 valence electrons. The SMILES string of the molecule is Cc1cc(C=N[C@@H]2CCCC[C@H]2N=Cc2cc(C)cc(C(C)(C)c3ccccc3)c2O)c(O)c(C(C)(C)c2ccccc2)c1.[Cl-].[Mn]. The summed E-state index contributed by atoms with van der Waals surface area (Å²) in [5.41, 5.74) is 7.03. The predicted molar refractivity (Wildman–Crippen MR) is 184 cm³/mol. The molecule has 1 radical (unpaired) electrons. The first-order valence-corrected chi connectivity index (χ1v) is 15.8. The topological polar surface area (TPSA) is 65.2 Å². The molecule has 0 unspecified atom stereocenters. The molecule has 0 aromatic heterocycles. The second-order valence-corrected chi connectivity index (χ2v) is 13.5. The van der Waals surface area contributed by atoms with Crippen molar-refractivity contribution in [2.24, 2.45) is 9.98 Å². The number of phenolic OH excluding ortho intramolecular Hbond substituents is 2. The van der Waals surface area contributed by atoms with Crippen molar-refractivity contribution in [3.05, 3.63) is 129 Å². The molecule has 1 aliphatic carbocycles. The summed E-state index contributed by atoms with van der Waals surface area (Å²) in [6, 6.07) is 28.8. The molecule has 4 aromatic rings. The van der Waals surface area contributed by atoms with Crippen LogP contribution in [0.3, 0.4) is 0 Å². The Labute approximate surface area is 292 Å². The first kappa shape index (κ1) is 37.1. The normalized spacial score (nSPS) is 17.1. The summed E-state index contributed by atoms with van der Waals surface area (Å²) in [5, 5.41) is 22.9. The molecular weight excluding hydrogens is 631 g/mol. The van der Waals surface area contributed by atoms with Gasteiger partial charge >= 0.3 is 0 Å². The van der Waals surface area contributed by atoms with E-state index in [9.17, 15) is 10.2 Å². The Hall–Kier alpha value is -3.37. The molecule has 1 aliphatic rings. The van der Waals surface area contributed by atoms with Crippen molar-refractivity contribution < 1.29 is 39.7 Å². The first-order valence-electron chi connectivity index (χ1n) is 15.8. The van der Waals surface area contributed by atoms with Crippen molar-refractivity contribution >= 4 is 12.4 Å². The van der Waals surface area contributed by atoms with Gasteiger partial charge in [-0.15, -0.1) is 0 Å². The van der Waals surface area contributed by atoms with Crippen LogP contribution in [0.2, 0.25) is 0 Å². The molecule has 1 saturated carbocycles. The third-order valence-corrected chi connectivity index (χ3v) is 9.41. The Bertz CT molecular complexity index is 1540. The van der Waals surface area contributed by atoms with E-state index in [0.717, 1.165) is 70.2 Å². The fourth-order valence-electron chi connectivity index (χ4n) is 6.58. The number of nitrogens with zero attached hydrogens (tertiary/aromatic N) is 2. The molecule has 4 aromatic carbocycles. The summed E-state index contributed by atoms with van der Waals surface area (Å²) in [6.45, 7) is 12.7. The Morgan fingerprint density at radius 1 is 0.609 bits per heavy atom. The summed E-state index contributed by atoms with van der Waals surface area (Å²) in [7, 11) is 0. The zero-order valence-electron chi connectivity index (χ0n) is 27.8. The molecule has 4 nitrogen and oxygen atoms in total. The van der Waals surface area contributed by atoms with Gasteiger partial charge in [-0.3, -0.25) is 9.98 Å². The third-order valence-electron chi connectivity index (χ3n) is 9.41. The number of hydrogen-bond acceptors (Lipinski definition) is 4. The number of phenols is 2. The van der Waals surface area contributed by atoms with Crippen LogP contribution < -0.4 is 12.4 Å². The van der Waals surface area contributed by atoms with Crippen molar-refractivity contribution in [2.45, 2.75) is 90.1 Å². The summed E-state index contributed by atoms with van der Waals surface area (Å²) in [4.78, 5) is 10.0. The zero-order chi connectivity index (χ0) is 31.5. The molecule has 0 aliphatic heterocycles. The van der Waals surface area contributed by atoms with Gasteiger partial charge in [0.05, 0.1) is 12.1 Å². The number of halogens is 1. The van der Waals surface area contributed by atoms with E-state index in [2.05, 4.69) is 77.9 Å². The maximum Gasteiger partial charge on any atom is 0.128 e. The Morgan fingerprint density at radius 2 is 0.957 bits per heavy atom. The Morgan fingerprint density at radius 3 is 1.30 bits per heavy atom. The molecule has 2 N–H and O–H groups in total. The van der Waals surface area contributed by atoms with E-state index in [1.807, 2.05) is 61.0 Å². The quantitative estimate of drug-likeness (QED) is 0.172. The van der Waals surface area contributed by atoms with E-state index >= 15 is 0 Å². The molecule has 0 spiro atoms. The van der Waals surface area contributed by atoms with E-state index < -0.39 is 0 Å². The molecule has 0 heterocycles. The molecule has 0 bridgehead atoms. The van der Waals surface area contributed by atoms with E-state index in [1.54, 1.807) is 0 Å². The van der Waals surface area contributed by atoms with Crippen LogP contribution in [0, 0.1) is 13.8 Å². The summed E-state index contributed by atoms with van der Waals surface area (Å²) in [5.74, 6) is 0.560. The zero-order valence-corrected chi connectivity index (χ0v) is 29.7. The van der Waals surface area contributed by atoms with Gasteiger partial charge in [-0.25, -0.2) is 0 Å². The van der Waals surface area contributed by atoms with Crippen molar-refractivity contribution in [3.63, 3.8) is 0 Å². The van der Waals surface area contributed by atoms with Gasteiger partial charge in [0.1, 0.15) is 11.5 Å². The number of rotatable bonds is 8. The van der Waals surface area contributed by atoms with Crippen molar-refractivity contribution in [2.75, 3.05) is 0 Å². The number of aliphatic imine (C=N–C) groups is 2. The summed E-state index contributed by atoms with van der Waals surface area (Å²) in [6.07, 6.45) is 7.78. The predicted octanol–water partition coefficient (Wildman–Crippen LogP) is 6.22. The van der Waals surface area contributed by atoms with Gasteiger partial charge in [0.25, 0.3) is 0 Å². The van der Waals surface area contributed by atoms with E-state index in [4.69, 9.17) is 9.98 Å². The molecule has 46 heavy (non-hydrogen) atoms. The second kappa shape index (κ2) is 15.5. The van der Waals surface area contributed by atoms with Gasteiger partial charge in [0.15, 0.2) is 0 Å². The van der Waals surface area contributed by atoms with Gasteiger partial charge in [-0.1, -0.05) is 113 Å². The largest absolute Gasteiger partial charge is 1.00 e. The van der Waals surface area contributed by atoms with E-state index in [-0.39, 0.29) is 63.9 Å². The standard InChI is InChI=1S/C40H46N2O2.ClH.Mn/c1-27-21-29(37(43)33(23-27)39(3,4)31-15-9-7-10-16-31)25-41-35-19-13-14-20-36(35)42-26-30-22-28(2)24-34(38(30)44)40(5,6)32-17-11-8-12-18-32;;/h7-12,15-18,21-26,35-36,43-44H,13-14,19-20H2,1-6H3;1H;/p-1/t35-,36-;;/m1../s1. The van der Waals surface area contributed by atoms with Gasteiger partial charge in [-0.2, -0.15) is 0 Å². The first-order chi connectivity index (χ1) is 21.0. The maximum atomic E-state index is 11.4.